The maximum absolute atomic E-state index is 10.8. The predicted molar refractivity (Wildman–Crippen MR) is 75.7 cm³/mol. The average molecular weight is 282 g/mol. The summed E-state index contributed by atoms with van der Waals surface area (Å²) in [5.41, 5.74) is 0.945. The Kier molecular flexibility index (Phi) is 7.00. The Morgan fingerprint density at radius 1 is 1.30 bits per heavy atom. The summed E-state index contributed by atoms with van der Waals surface area (Å²) in [6, 6.07) is 8.63. The molecule has 112 valence electrons. The van der Waals surface area contributed by atoms with E-state index < -0.39 is 18.2 Å². The van der Waals surface area contributed by atoms with E-state index in [9.17, 15) is 9.90 Å². The zero-order valence-electron chi connectivity index (χ0n) is 11.5. The summed E-state index contributed by atoms with van der Waals surface area (Å²) in [5.74, 6) is 0. The minimum atomic E-state index is -1.17. The van der Waals surface area contributed by atoms with Crippen LogP contribution in [0.5, 0.6) is 0 Å². The second-order valence-electron chi connectivity index (χ2n) is 4.80. The van der Waals surface area contributed by atoms with Crippen LogP contribution < -0.4 is 10.6 Å². The highest BCUT2D eigenvalue weighted by molar-refractivity contribution is 5.65. The number of aliphatic hydroxyl groups is 2. The topological polar surface area (TPSA) is 102 Å². The largest absolute Gasteiger partial charge is 0.465 e. The molecule has 0 aliphatic carbocycles. The third kappa shape index (κ3) is 6.01. The molecular weight excluding hydrogens is 260 g/mol. The fourth-order valence-corrected chi connectivity index (χ4v) is 1.84. The summed E-state index contributed by atoms with van der Waals surface area (Å²) in [6.45, 7) is 1.95. The number of rotatable bonds is 8. The maximum Gasteiger partial charge on any atom is 0.404 e. The lowest BCUT2D eigenvalue weighted by Gasteiger charge is -2.24. The highest BCUT2D eigenvalue weighted by Crippen LogP contribution is 2.06. The third-order valence-electron chi connectivity index (χ3n) is 3.02. The van der Waals surface area contributed by atoms with Crippen molar-refractivity contribution in [1.82, 2.24) is 10.6 Å². The molecule has 0 aliphatic rings. The van der Waals surface area contributed by atoms with Gasteiger partial charge in [0.25, 0.3) is 0 Å². The van der Waals surface area contributed by atoms with E-state index in [4.69, 9.17) is 10.2 Å². The molecule has 20 heavy (non-hydrogen) atoms. The van der Waals surface area contributed by atoms with E-state index in [1.54, 1.807) is 6.92 Å². The van der Waals surface area contributed by atoms with Gasteiger partial charge < -0.3 is 26.0 Å². The van der Waals surface area contributed by atoms with Gasteiger partial charge in [-0.2, -0.15) is 0 Å². The SMILES string of the molecule is C[C@@H](CO)NCC(O)C(Cc1ccccc1)NC(=O)O. The summed E-state index contributed by atoms with van der Waals surface area (Å²) < 4.78 is 0. The summed E-state index contributed by atoms with van der Waals surface area (Å²) >= 11 is 0. The van der Waals surface area contributed by atoms with E-state index in [2.05, 4.69) is 10.6 Å². The zero-order chi connectivity index (χ0) is 15.0. The molecule has 3 atom stereocenters. The van der Waals surface area contributed by atoms with Crippen molar-refractivity contribution in [3.8, 4) is 0 Å². The number of hydrogen-bond donors (Lipinski definition) is 5. The van der Waals surface area contributed by atoms with Crippen LogP contribution in [0.3, 0.4) is 0 Å². The molecule has 1 aromatic carbocycles. The third-order valence-corrected chi connectivity index (χ3v) is 3.02. The van der Waals surface area contributed by atoms with Crippen molar-refractivity contribution in [2.24, 2.45) is 0 Å². The van der Waals surface area contributed by atoms with Gasteiger partial charge in [0.2, 0.25) is 0 Å². The fourth-order valence-electron chi connectivity index (χ4n) is 1.84. The van der Waals surface area contributed by atoms with Crippen molar-refractivity contribution in [2.75, 3.05) is 13.2 Å². The monoisotopic (exact) mass is 282 g/mol. The first-order valence-corrected chi connectivity index (χ1v) is 6.58. The number of nitrogens with one attached hydrogen (secondary N) is 2. The minimum Gasteiger partial charge on any atom is -0.465 e. The second kappa shape index (κ2) is 8.52. The quantitative estimate of drug-likeness (QED) is 0.469. The summed E-state index contributed by atoms with van der Waals surface area (Å²) in [4.78, 5) is 10.8. The van der Waals surface area contributed by atoms with Crippen molar-refractivity contribution >= 4 is 6.09 Å². The second-order valence-corrected chi connectivity index (χ2v) is 4.80. The number of amides is 1. The van der Waals surface area contributed by atoms with Crippen LogP contribution >= 0.6 is 0 Å². The van der Waals surface area contributed by atoms with Gasteiger partial charge in [0.05, 0.1) is 18.8 Å². The van der Waals surface area contributed by atoms with Gasteiger partial charge in [0.15, 0.2) is 0 Å². The molecule has 6 heteroatoms. The van der Waals surface area contributed by atoms with Gasteiger partial charge in [-0.3, -0.25) is 0 Å². The molecule has 1 aromatic rings. The first-order valence-electron chi connectivity index (χ1n) is 6.58. The molecule has 1 rings (SSSR count). The van der Waals surface area contributed by atoms with Gasteiger partial charge >= 0.3 is 6.09 Å². The minimum absolute atomic E-state index is 0.0393. The van der Waals surface area contributed by atoms with Crippen LogP contribution in [-0.4, -0.2) is 52.8 Å². The number of carboxylic acid groups (broad SMARTS) is 1. The van der Waals surface area contributed by atoms with Gasteiger partial charge in [0.1, 0.15) is 0 Å². The van der Waals surface area contributed by atoms with Crippen LogP contribution in [0.2, 0.25) is 0 Å². The average Bonchev–Trinajstić information content (AvgIpc) is 2.44. The molecule has 5 N–H and O–H groups in total. The molecule has 0 saturated heterocycles. The molecular formula is C14H22N2O4. The Morgan fingerprint density at radius 3 is 2.50 bits per heavy atom. The van der Waals surface area contributed by atoms with Crippen LogP contribution in [0.4, 0.5) is 4.79 Å². The first kappa shape index (κ1) is 16.4. The normalized spacial score (nSPS) is 15.3. The Morgan fingerprint density at radius 2 is 1.95 bits per heavy atom. The highest BCUT2D eigenvalue weighted by Gasteiger charge is 2.21. The van der Waals surface area contributed by atoms with Crippen LogP contribution in [0, 0.1) is 0 Å². The fraction of sp³-hybridized carbons (Fsp3) is 0.500. The van der Waals surface area contributed by atoms with E-state index in [1.165, 1.54) is 0 Å². The summed E-state index contributed by atoms with van der Waals surface area (Å²) in [6.07, 6.45) is -1.63. The van der Waals surface area contributed by atoms with E-state index >= 15 is 0 Å². The number of aliphatic hydroxyl groups excluding tert-OH is 2. The molecule has 0 aliphatic heterocycles. The first-order chi connectivity index (χ1) is 9.52. The van der Waals surface area contributed by atoms with Gasteiger partial charge in [-0.25, -0.2) is 4.79 Å². The van der Waals surface area contributed by atoms with Crippen molar-refractivity contribution in [3.05, 3.63) is 35.9 Å². The van der Waals surface area contributed by atoms with E-state index in [1.807, 2.05) is 30.3 Å². The Bertz CT molecular complexity index is 399. The van der Waals surface area contributed by atoms with Crippen molar-refractivity contribution in [2.45, 2.75) is 31.5 Å². The van der Waals surface area contributed by atoms with Crippen LogP contribution in [-0.2, 0) is 6.42 Å². The summed E-state index contributed by atoms with van der Waals surface area (Å²) in [5, 5.41) is 33.1. The Balaban J connectivity index is 2.61. The van der Waals surface area contributed by atoms with Gasteiger partial charge in [-0.15, -0.1) is 0 Å². The van der Waals surface area contributed by atoms with E-state index in [0.29, 0.717) is 6.42 Å². The molecule has 0 bridgehead atoms. The molecule has 0 heterocycles. The lowest BCUT2D eigenvalue weighted by Crippen LogP contribution is -2.49. The standard InChI is InChI=1S/C14H22N2O4/c1-10(9-17)15-8-13(18)12(16-14(19)20)7-11-5-3-2-4-6-11/h2-6,10,12-13,15-18H,7-9H2,1H3,(H,19,20)/t10-,12?,13?/m0/s1. The molecule has 6 nitrogen and oxygen atoms in total. The number of carbonyl (C=O) groups is 1. The molecule has 1 amide bonds. The Hall–Kier alpha value is -1.63. The molecule has 0 spiro atoms. The molecule has 0 fully saturated rings. The lowest BCUT2D eigenvalue weighted by molar-refractivity contribution is 0.112. The van der Waals surface area contributed by atoms with Crippen molar-refractivity contribution in [1.29, 1.82) is 0 Å². The molecule has 0 aromatic heterocycles. The van der Waals surface area contributed by atoms with Gasteiger partial charge in [-0.1, -0.05) is 30.3 Å². The van der Waals surface area contributed by atoms with E-state index in [-0.39, 0.29) is 19.2 Å². The molecule has 0 radical (unpaired) electrons. The van der Waals surface area contributed by atoms with Crippen LogP contribution in [0.15, 0.2) is 30.3 Å². The van der Waals surface area contributed by atoms with Gasteiger partial charge in [-0.05, 0) is 18.9 Å². The zero-order valence-corrected chi connectivity index (χ0v) is 11.5. The maximum atomic E-state index is 10.8. The molecule has 2 unspecified atom stereocenters. The highest BCUT2D eigenvalue weighted by atomic mass is 16.4. The Labute approximate surface area is 118 Å². The van der Waals surface area contributed by atoms with Crippen LogP contribution in [0.1, 0.15) is 12.5 Å². The summed E-state index contributed by atoms with van der Waals surface area (Å²) in [7, 11) is 0. The van der Waals surface area contributed by atoms with Crippen molar-refractivity contribution in [3.63, 3.8) is 0 Å². The number of hydrogen-bond acceptors (Lipinski definition) is 4. The smallest absolute Gasteiger partial charge is 0.404 e. The van der Waals surface area contributed by atoms with Gasteiger partial charge in [0, 0.05) is 12.6 Å². The predicted octanol–water partition coefficient (Wildman–Crippen LogP) is 0.197. The number of benzene rings is 1. The molecule has 0 saturated carbocycles. The van der Waals surface area contributed by atoms with Crippen LogP contribution in [0.25, 0.3) is 0 Å². The lowest BCUT2D eigenvalue weighted by atomic mass is 10.0. The van der Waals surface area contributed by atoms with Crippen molar-refractivity contribution < 1.29 is 20.1 Å². The van der Waals surface area contributed by atoms with E-state index in [0.717, 1.165) is 5.56 Å².